The SMILES string of the molecule is c1ccc(-c2ccc3nc(-c4cc(-n5c6ccccc6c6cc7ccccc7cc65)cc5ccccc45)nc(-c4ccccc4)c3c2)cc1. The van der Waals surface area contributed by atoms with E-state index >= 15 is 0 Å². The fourth-order valence-electron chi connectivity index (χ4n) is 7.42. The second kappa shape index (κ2) is 11.0. The van der Waals surface area contributed by atoms with E-state index in [4.69, 9.17) is 9.97 Å². The molecule has 0 aliphatic rings. The molecule has 0 N–H and O–H groups in total. The predicted octanol–water partition coefficient (Wildman–Crippen LogP) is 12.0. The third kappa shape index (κ3) is 4.51. The van der Waals surface area contributed by atoms with Crippen LogP contribution >= 0.6 is 0 Å². The zero-order valence-electron chi connectivity index (χ0n) is 26.6. The van der Waals surface area contributed by atoms with E-state index in [1.807, 2.05) is 0 Å². The second-order valence-corrected chi connectivity index (χ2v) is 12.6. The van der Waals surface area contributed by atoms with Crippen molar-refractivity contribution in [1.29, 1.82) is 0 Å². The zero-order valence-corrected chi connectivity index (χ0v) is 26.6. The van der Waals surface area contributed by atoms with Crippen molar-refractivity contribution in [3.05, 3.63) is 176 Å². The van der Waals surface area contributed by atoms with Gasteiger partial charge < -0.3 is 4.57 Å². The summed E-state index contributed by atoms with van der Waals surface area (Å²) in [5, 5.41) is 8.24. The summed E-state index contributed by atoms with van der Waals surface area (Å²) in [4.78, 5) is 10.7. The van der Waals surface area contributed by atoms with Crippen molar-refractivity contribution in [2.24, 2.45) is 0 Å². The Kier molecular flexibility index (Phi) is 6.18. The molecule has 0 atom stereocenters. The third-order valence-corrected chi connectivity index (χ3v) is 9.74. The lowest BCUT2D eigenvalue weighted by molar-refractivity contribution is 1.18. The van der Waals surface area contributed by atoms with Crippen molar-refractivity contribution in [2.45, 2.75) is 0 Å². The van der Waals surface area contributed by atoms with E-state index in [0.717, 1.165) is 49.7 Å². The topological polar surface area (TPSA) is 30.7 Å². The minimum atomic E-state index is 0.711. The number of fused-ring (bicyclic) bond motifs is 6. The van der Waals surface area contributed by atoms with E-state index in [0.29, 0.717) is 5.82 Å². The Balaban J connectivity index is 1.26. The van der Waals surface area contributed by atoms with Crippen molar-refractivity contribution in [2.75, 3.05) is 0 Å². The summed E-state index contributed by atoms with van der Waals surface area (Å²) >= 11 is 0. The third-order valence-electron chi connectivity index (χ3n) is 9.74. The maximum atomic E-state index is 5.39. The Hall–Kier alpha value is -6.58. The van der Waals surface area contributed by atoms with Crippen LogP contribution in [0, 0.1) is 0 Å². The maximum Gasteiger partial charge on any atom is 0.161 e. The van der Waals surface area contributed by atoms with Crippen molar-refractivity contribution < 1.29 is 0 Å². The molecule has 0 fully saturated rings. The van der Waals surface area contributed by atoms with Crippen LogP contribution in [0.4, 0.5) is 0 Å². The zero-order chi connectivity index (χ0) is 32.3. The van der Waals surface area contributed by atoms with Crippen LogP contribution in [-0.2, 0) is 0 Å². The summed E-state index contributed by atoms with van der Waals surface area (Å²) in [6, 6.07) is 62.6. The van der Waals surface area contributed by atoms with E-state index in [1.54, 1.807) is 0 Å². The molecule has 0 aliphatic heterocycles. The van der Waals surface area contributed by atoms with Gasteiger partial charge in [0.1, 0.15) is 0 Å². The van der Waals surface area contributed by atoms with Gasteiger partial charge in [0, 0.05) is 33.0 Å². The maximum absolute atomic E-state index is 5.39. The average Bonchev–Trinajstić information content (AvgIpc) is 3.49. The molecule has 2 heterocycles. The summed E-state index contributed by atoms with van der Waals surface area (Å²) < 4.78 is 2.40. The molecular formula is C46H29N3. The summed E-state index contributed by atoms with van der Waals surface area (Å²) in [6.07, 6.45) is 0. The number of nitrogens with zero attached hydrogens (tertiary/aromatic N) is 3. The average molecular weight is 624 g/mol. The monoisotopic (exact) mass is 623 g/mol. The molecule has 0 amide bonds. The van der Waals surface area contributed by atoms with Crippen molar-refractivity contribution in [3.63, 3.8) is 0 Å². The molecule has 0 spiro atoms. The highest BCUT2D eigenvalue weighted by Gasteiger charge is 2.18. The summed E-state index contributed by atoms with van der Waals surface area (Å²) in [5.74, 6) is 0.711. The highest BCUT2D eigenvalue weighted by molar-refractivity contribution is 6.14. The number of aromatic nitrogens is 3. The van der Waals surface area contributed by atoms with Crippen molar-refractivity contribution in [1.82, 2.24) is 14.5 Å². The molecule has 3 heteroatoms. The molecule has 0 saturated carbocycles. The molecule has 0 radical (unpaired) electrons. The minimum absolute atomic E-state index is 0.711. The predicted molar refractivity (Wildman–Crippen MR) is 205 cm³/mol. The fourth-order valence-corrected chi connectivity index (χ4v) is 7.42. The quantitative estimate of drug-likeness (QED) is 0.195. The van der Waals surface area contributed by atoms with Gasteiger partial charge in [0.25, 0.3) is 0 Å². The molecule has 49 heavy (non-hydrogen) atoms. The molecular weight excluding hydrogens is 595 g/mol. The van der Waals surface area contributed by atoms with Crippen LogP contribution < -0.4 is 0 Å². The Labute approximate surface area is 283 Å². The largest absolute Gasteiger partial charge is 0.309 e. The molecule has 2 aromatic heterocycles. The minimum Gasteiger partial charge on any atom is -0.309 e. The fraction of sp³-hybridized carbons (Fsp3) is 0. The van der Waals surface area contributed by atoms with Gasteiger partial charge in [-0.25, -0.2) is 9.97 Å². The van der Waals surface area contributed by atoms with Gasteiger partial charge >= 0.3 is 0 Å². The van der Waals surface area contributed by atoms with Gasteiger partial charge in [-0.2, -0.15) is 0 Å². The standard InChI is InChI=1S/C46H29N3/c1-3-13-30(14-4-1)34-23-24-42-41(27-34)45(31-15-5-2-6-16-31)48-46(47-42)40-29-36(25-35-19-9-10-20-37(35)40)49-43-22-12-11-21-38(43)39-26-32-17-7-8-18-33(32)28-44(39)49/h1-29H. The second-order valence-electron chi connectivity index (χ2n) is 12.6. The summed E-state index contributed by atoms with van der Waals surface area (Å²) in [6.45, 7) is 0. The first-order valence-corrected chi connectivity index (χ1v) is 16.7. The van der Waals surface area contributed by atoms with Crippen LogP contribution in [0.3, 0.4) is 0 Å². The first kappa shape index (κ1) is 27.5. The highest BCUT2D eigenvalue weighted by atomic mass is 15.0. The molecule has 0 bridgehead atoms. The van der Waals surface area contributed by atoms with Gasteiger partial charge in [0.2, 0.25) is 0 Å². The van der Waals surface area contributed by atoms with Crippen LogP contribution in [0.25, 0.3) is 93.7 Å². The van der Waals surface area contributed by atoms with Gasteiger partial charge in [-0.05, 0) is 75.1 Å². The van der Waals surface area contributed by atoms with Gasteiger partial charge in [0.05, 0.1) is 22.2 Å². The first-order valence-electron chi connectivity index (χ1n) is 16.7. The highest BCUT2D eigenvalue weighted by Crippen LogP contribution is 2.39. The molecule has 0 unspecified atom stereocenters. The molecule has 0 saturated heterocycles. The number of hydrogen-bond donors (Lipinski definition) is 0. The molecule has 3 nitrogen and oxygen atoms in total. The van der Waals surface area contributed by atoms with E-state index in [1.165, 1.54) is 38.1 Å². The molecule has 8 aromatic carbocycles. The van der Waals surface area contributed by atoms with E-state index < -0.39 is 0 Å². The van der Waals surface area contributed by atoms with Crippen LogP contribution in [0.5, 0.6) is 0 Å². The van der Waals surface area contributed by atoms with Gasteiger partial charge in [-0.1, -0.05) is 133 Å². The van der Waals surface area contributed by atoms with Gasteiger partial charge in [-0.3, -0.25) is 0 Å². The van der Waals surface area contributed by atoms with Crippen LogP contribution in [0.2, 0.25) is 0 Å². The molecule has 10 rings (SSSR count). The Morgan fingerprint density at radius 1 is 0.367 bits per heavy atom. The Bertz CT molecular complexity index is 2870. The Morgan fingerprint density at radius 3 is 1.82 bits per heavy atom. The van der Waals surface area contributed by atoms with Crippen LogP contribution in [-0.4, -0.2) is 14.5 Å². The van der Waals surface area contributed by atoms with Gasteiger partial charge in [0.15, 0.2) is 5.82 Å². The number of hydrogen-bond acceptors (Lipinski definition) is 2. The number of benzene rings is 8. The lowest BCUT2D eigenvalue weighted by Gasteiger charge is -2.15. The van der Waals surface area contributed by atoms with Crippen LogP contribution in [0.15, 0.2) is 176 Å². The lowest BCUT2D eigenvalue weighted by Crippen LogP contribution is -1.99. The van der Waals surface area contributed by atoms with Crippen molar-refractivity contribution >= 4 is 54.3 Å². The first-order chi connectivity index (χ1) is 24.3. The molecule has 10 aromatic rings. The normalized spacial score (nSPS) is 11.7. The molecule has 228 valence electrons. The van der Waals surface area contributed by atoms with Gasteiger partial charge in [-0.15, -0.1) is 0 Å². The van der Waals surface area contributed by atoms with Crippen molar-refractivity contribution in [3.8, 4) is 39.5 Å². The van der Waals surface area contributed by atoms with E-state index in [-0.39, 0.29) is 0 Å². The van der Waals surface area contributed by atoms with Crippen LogP contribution in [0.1, 0.15) is 0 Å². The van der Waals surface area contributed by atoms with E-state index in [9.17, 15) is 0 Å². The summed E-state index contributed by atoms with van der Waals surface area (Å²) in [7, 11) is 0. The number of para-hydroxylation sites is 1. The summed E-state index contributed by atoms with van der Waals surface area (Å²) in [5.41, 5.74) is 9.67. The smallest absolute Gasteiger partial charge is 0.161 e. The lowest BCUT2D eigenvalue weighted by atomic mass is 9.99. The van der Waals surface area contributed by atoms with E-state index in [2.05, 4.69) is 180 Å². The Morgan fingerprint density at radius 2 is 1.02 bits per heavy atom. The molecule has 0 aliphatic carbocycles. The number of rotatable bonds is 4.